The molecule has 0 saturated carbocycles. The lowest BCUT2D eigenvalue weighted by atomic mass is 10.1. The molecular weight excluding hydrogens is 308 g/mol. The minimum Gasteiger partial charge on any atom is -0.494 e. The second-order valence-electron chi connectivity index (χ2n) is 5.12. The lowest BCUT2D eigenvalue weighted by Gasteiger charge is -2.07. The molecule has 24 heavy (non-hydrogen) atoms. The van der Waals surface area contributed by atoms with E-state index in [0.29, 0.717) is 18.6 Å². The van der Waals surface area contributed by atoms with E-state index in [1.165, 1.54) is 7.11 Å². The van der Waals surface area contributed by atoms with Crippen LogP contribution in [0.3, 0.4) is 0 Å². The van der Waals surface area contributed by atoms with Gasteiger partial charge in [0.1, 0.15) is 12.4 Å². The Balaban J connectivity index is 1.68. The maximum atomic E-state index is 11.7. The minimum absolute atomic E-state index is 0.128. The number of carbonyl (C=O) groups excluding carboxylic acids is 2. The van der Waals surface area contributed by atoms with E-state index in [2.05, 4.69) is 4.74 Å². The maximum Gasteiger partial charge on any atom is 0.337 e. The zero-order chi connectivity index (χ0) is 17.2. The van der Waals surface area contributed by atoms with Gasteiger partial charge in [-0.1, -0.05) is 30.3 Å². The minimum atomic E-state index is -0.416. The third-order valence-corrected chi connectivity index (χ3v) is 3.29. The van der Waals surface area contributed by atoms with Gasteiger partial charge in [-0.05, 0) is 36.2 Å². The molecule has 0 aliphatic carbocycles. The number of benzene rings is 2. The molecule has 0 spiro atoms. The van der Waals surface area contributed by atoms with Gasteiger partial charge in [-0.3, -0.25) is 4.79 Å². The van der Waals surface area contributed by atoms with Crippen molar-refractivity contribution in [3.05, 3.63) is 65.7 Å². The second kappa shape index (κ2) is 9.35. The summed E-state index contributed by atoms with van der Waals surface area (Å²) in [6.07, 6.45) is 0.861. The van der Waals surface area contributed by atoms with Crippen LogP contribution < -0.4 is 4.74 Å². The number of hydrogen-bond acceptors (Lipinski definition) is 5. The smallest absolute Gasteiger partial charge is 0.337 e. The molecular formula is C19H20O5. The number of esters is 2. The first-order chi connectivity index (χ1) is 11.7. The topological polar surface area (TPSA) is 61.8 Å². The summed E-state index contributed by atoms with van der Waals surface area (Å²) in [5.74, 6) is 0.0712. The van der Waals surface area contributed by atoms with Gasteiger partial charge in [0, 0.05) is 6.42 Å². The Hall–Kier alpha value is -2.82. The Morgan fingerprint density at radius 2 is 1.79 bits per heavy atom. The molecule has 2 aromatic rings. The van der Waals surface area contributed by atoms with E-state index < -0.39 is 5.97 Å². The number of para-hydroxylation sites is 1. The van der Waals surface area contributed by atoms with Crippen LogP contribution in [0.2, 0.25) is 0 Å². The Morgan fingerprint density at radius 1 is 1.00 bits per heavy atom. The summed E-state index contributed by atoms with van der Waals surface area (Å²) >= 11 is 0. The molecule has 2 aromatic carbocycles. The highest BCUT2D eigenvalue weighted by Gasteiger charge is 2.08. The summed E-state index contributed by atoms with van der Waals surface area (Å²) in [5.41, 5.74) is 1.18. The molecule has 0 bridgehead atoms. The van der Waals surface area contributed by atoms with E-state index in [9.17, 15) is 9.59 Å². The molecule has 0 aliphatic heterocycles. The number of rotatable bonds is 8. The largest absolute Gasteiger partial charge is 0.494 e. The standard InChI is InChI=1S/C19H20O5/c1-22-19(21)16-8-5-7-15(13-16)14-24-18(20)11-6-12-23-17-9-3-2-4-10-17/h2-5,7-10,13H,6,11-12,14H2,1H3. The first-order valence-corrected chi connectivity index (χ1v) is 7.70. The molecule has 0 radical (unpaired) electrons. The Bertz CT molecular complexity index is 666. The monoisotopic (exact) mass is 328 g/mol. The average Bonchev–Trinajstić information content (AvgIpc) is 2.64. The molecule has 0 aromatic heterocycles. The van der Waals surface area contributed by atoms with Crippen molar-refractivity contribution in [2.24, 2.45) is 0 Å². The first-order valence-electron chi connectivity index (χ1n) is 7.70. The average molecular weight is 328 g/mol. The zero-order valence-corrected chi connectivity index (χ0v) is 13.6. The second-order valence-corrected chi connectivity index (χ2v) is 5.12. The van der Waals surface area contributed by atoms with E-state index in [4.69, 9.17) is 9.47 Å². The van der Waals surface area contributed by atoms with Crippen molar-refractivity contribution in [2.45, 2.75) is 19.4 Å². The van der Waals surface area contributed by atoms with Gasteiger partial charge in [0.2, 0.25) is 0 Å². The fourth-order valence-corrected chi connectivity index (χ4v) is 2.07. The van der Waals surface area contributed by atoms with Gasteiger partial charge in [-0.15, -0.1) is 0 Å². The predicted octanol–water partition coefficient (Wildman–Crippen LogP) is 3.38. The van der Waals surface area contributed by atoms with Crippen LogP contribution in [0.1, 0.15) is 28.8 Å². The molecule has 0 fully saturated rings. The van der Waals surface area contributed by atoms with Crippen LogP contribution in [0.25, 0.3) is 0 Å². The van der Waals surface area contributed by atoms with E-state index in [1.807, 2.05) is 30.3 Å². The van der Waals surface area contributed by atoms with Gasteiger partial charge in [0.25, 0.3) is 0 Å². The Kier molecular flexibility index (Phi) is 6.83. The van der Waals surface area contributed by atoms with Crippen molar-refractivity contribution in [1.29, 1.82) is 0 Å². The molecule has 0 unspecified atom stereocenters. The highest BCUT2D eigenvalue weighted by molar-refractivity contribution is 5.89. The number of methoxy groups -OCH3 is 1. The van der Waals surface area contributed by atoms with Crippen molar-refractivity contribution in [3.63, 3.8) is 0 Å². The zero-order valence-electron chi connectivity index (χ0n) is 13.6. The van der Waals surface area contributed by atoms with Gasteiger partial charge in [0.05, 0.1) is 19.3 Å². The molecule has 2 rings (SSSR count). The number of hydrogen-bond donors (Lipinski definition) is 0. The number of carbonyl (C=O) groups is 2. The highest BCUT2D eigenvalue weighted by Crippen LogP contribution is 2.10. The van der Waals surface area contributed by atoms with Gasteiger partial charge in [-0.2, -0.15) is 0 Å². The van der Waals surface area contributed by atoms with Crippen molar-refractivity contribution < 1.29 is 23.8 Å². The predicted molar refractivity (Wildman–Crippen MR) is 88.7 cm³/mol. The van der Waals surface area contributed by atoms with Crippen LogP contribution in [-0.4, -0.2) is 25.7 Å². The molecule has 126 valence electrons. The molecule has 0 amide bonds. The Labute approximate surface area is 141 Å². The summed E-state index contributed by atoms with van der Waals surface area (Å²) in [6.45, 7) is 0.583. The van der Waals surface area contributed by atoms with E-state index in [-0.39, 0.29) is 19.0 Å². The summed E-state index contributed by atoms with van der Waals surface area (Å²) in [5, 5.41) is 0. The molecule has 0 N–H and O–H groups in total. The summed E-state index contributed by atoms with van der Waals surface area (Å²) < 4.78 is 15.4. The fraction of sp³-hybridized carbons (Fsp3) is 0.263. The third-order valence-electron chi connectivity index (χ3n) is 3.29. The van der Waals surface area contributed by atoms with Crippen molar-refractivity contribution >= 4 is 11.9 Å². The van der Waals surface area contributed by atoms with Gasteiger partial charge in [-0.25, -0.2) is 4.79 Å². The summed E-state index contributed by atoms with van der Waals surface area (Å²) in [4.78, 5) is 23.2. The SMILES string of the molecule is COC(=O)c1cccc(COC(=O)CCCOc2ccccc2)c1. The van der Waals surface area contributed by atoms with E-state index in [0.717, 1.165) is 11.3 Å². The van der Waals surface area contributed by atoms with Gasteiger partial charge in [0.15, 0.2) is 0 Å². The van der Waals surface area contributed by atoms with Crippen LogP contribution in [0.4, 0.5) is 0 Å². The molecule has 0 heterocycles. The summed E-state index contributed by atoms with van der Waals surface area (Å²) in [6, 6.07) is 16.3. The molecule has 0 aliphatic rings. The quantitative estimate of drug-likeness (QED) is 0.549. The van der Waals surface area contributed by atoms with Crippen molar-refractivity contribution in [3.8, 4) is 5.75 Å². The van der Waals surface area contributed by atoms with Gasteiger partial charge >= 0.3 is 11.9 Å². The van der Waals surface area contributed by atoms with E-state index in [1.54, 1.807) is 24.3 Å². The van der Waals surface area contributed by atoms with E-state index >= 15 is 0 Å². The maximum absolute atomic E-state index is 11.7. The van der Waals surface area contributed by atoms with Crippen LogP contribution >= 0.6 is 0 Å². The van der Waals surface area contributed by atoms with Gasteiger partial charge < -0.3 is 14.2 Å². The van der Waals surface area contributed by atoms with Crippen molar-refractivity contribution in [1.82, 2.24) is 0 Å². The lowest BCUT2D eigenvalue weighted by molar-refractivity contribution is -0.145. The van der Waals surface area contributed by atoms with Crippen LogP contribution in [0.15, 0.2) is 54.6 Å². The van der Waals surface area contributed by atoms with Crippen molar-refractivity contribution in [2.75, 3.05) is 13.7 Å². The molecule has 5 heteroatoms. The normalized spacial score (nSPS) is 10.0. The fourth-order valence-electron chi connectivity index (χ4n) is 2.07. The third kappa shape index (κ3) is 5.76. The molecule has 5 nitrogen and oxygen atoms in total. The Morgan fingerprint density at radius 3 is 2.54 bits per heavy atom. The lowest BCUT2D eigenvalue weighted by Crippen LogP contribution is -2.08. The van der Waals surface area contributed by atoms with Crippen LogP contribution in [-0.2, 0) is 20.9 Å². The molecule has 0 saturated heterocycles. The summed E-state index contributed by atoms with van der Waals surface area (Å²) in [7, 11) is 1.33. The first kappa shape index (κ1) is 17.5. The number of ether oxygens (including phenoxy) is 3. The van der Waals surface area contributed by atoms with Crippen LogP contribution in [0.5, 0.6) is 5.75 Å². The highest BCUT2D eigenvalue weighted by atomic mass is 16.5. The van der Waals surface area contributed by atoms with Crippen LogP contribution in [0, 0.1) is 0 Å². The molecule has 0 atom stereocenters.